The number of ether oxygens (including phenoxy) is 1. The van der Waals surface area contributed by atoms with E-state index in [-0.39, 0.29) is 12.0 Å². The van der Waals surface area contributed by atoms with E-state index in [0.29, 0.717) is 13.2 Å². The molecule has 1 aromatic carbocycles. The fraction of sp³-hybridized carbons (Fsp3) is 0.400. The average Bonchev–Trinajstić information content (AvgIpc) is 2.68. The molecule has 0 radical (unpaired) electrons. The summed E-state index contributed by atoms with van der Waals surface area (Å²) in [5.74, 6) is 0.858. The van der Waals surface area contributed by atoms with Crippen LogP contribution in [0.25, 0.3) is 0 Å². The minimum Gasteiger partial charge on any atom is -0.368 e. The topological polar surface area (TPSA) is 54.5 Å². The summed E-state index contributed by atoms with van der Waals surface area (Å²) in [6.07, 6.45) is 4.37. The van der Waals surface area contributed by atoms with Crippen molar-refractivity contribution < 1.29 is 9.53 Å². The molecular weight excluding hydrogens is 314 g/mol. The van der Waals surface area contributed by atoms with Crippen molar-refractivity contribution in [1.82, 2.24) is 10.3 Å². The van der Waals surface area contributed by atoms with Crippen molar-refractivity contribution in [3.8, 4) is 0 Å². The highest BCUT2D eigenvalue weighted by Crippen LogP contribution is 2.19. The second-order valence-corrected chi connectivity index (χ2v) is 6.40. The molecule has 5 heteroatoms. The number of nitrogens with one attached hydrogen (secondary N) is 1. The van der Waals surface area contributed by atoms with Gasteiger partial charge in [-0.05, 0) is 30.9 Å². The average molecular weight is 339 g/mol. The van der Waals surface area contributed by atoms with Gasteiger partial charge in [-0.3, -0.25) is 4.79 Å². The maximum atomic E-state index is 12.3. The third-order valence-electron chi connectivity index (χ3n) is 4.42. The van der Waals surface area contributed by atoms with E-state index in [1.165, 1.54) is 5.56 Å². The van der Waals surface area contributed by atoms with Crippen molar-refractivity contribution in [1.29, 1.82) is 0 Å². The van der Waals surface area contributed by atoms with E-state index in [1.807, 2.05) is 37.4 Å². The summed E-state index contributed by atoms with van der Waals surface area (Å²) < 4.78 is 5.55. The molecular formula is C20H25N3O2. The molecule has 1 aromatic heterocycles. The molecule has 1 atom stereocenters. The Hall–Kier alpha value is -2.40. The monoisotopic (exact) mass is 339 g/mol. The molecule has 0 saturated carbocycles. The second-order valence-electron chi connectivity index (χ2n) is 6.40. The molecule has 1 amide bonds. The minimum absolute atomic E-state index is 0.0276. The number of carbonyl (C=O) groups excluding carboxylic acids is 1. The quantitative estimate of drug-likeness (QED) is 0.879. The fourth-order valence-corrected chi connectivity index (χ4v) is 3.09. The van der Waals surface area contributed by atoms with Gasteiger partial charge in [-0.1, -0.05) is 36.4 Å². The number of aromatic nitrogens is 1. The summed E-state index contributed by atoms with van der Waals surface area (Å²) >= 11 is 0. The van der Waals surface area contributed by atoms with Crippen molar-refractivity contribution in [3.63, 3.8) is 0 Å². The van der Waals surface area contributed by atoms with Gasteiger partial charge in [0.25, 0.3) is 0 Å². The molecule has 1 N–H and O–H groups in total. The van der Waals surface area contributed by atoms with Crippen LogP contribution in [-0.2, 0) is 22.6 Å². The van der Waals surface area contributed by atoms with E-state index >= 15 is 0 Å². The molecule has 0 aliphatic carbocycles. The van der Waals surface area contributed by atoms with E-state index in [0.717, 1.165) is 37.2 Å². The number of carbonyl (C=O) groups is 1. The number of hydrogen-bond donors (Lipinski definition) is 1. The molecule has 3 rings (SSSR count). The molecule has 5 nitrogen and oxygen atoms in total. The van der Waals surface area contributed by atoms with Gasteiger partial charge >= 0.3 is 0 Å². The van der Waals surface area contributed by atoms with Crippen LogP contribution in [0.2, 0.25) is 0 Å². The number of anilines is 1. The lowest BCUT2D eigenvalue weighted by atomic mass is 10.1. The summed E-state index contributed by atoms with van der Waals surface area (Å²) in [4.78, 5) is 18.9. The lowest BCUT2D eigenvalue weighted by Crippen LogP contribution is -2.38. The number of rotatable bonds is 6. The van der Waals surface area contributed by atoms with E-state index in [1.54, 1.807) is 6.20 Å². The molecule has 1 saturated heterocycles. The first kappa shape index (κ1) is 17.4. The van der Waals surface area contributed by atoms with Gasteiger partial charge in [0.05, 0.1) is 0 Å². The van der Waals surface area contributed by atoms with Crippen LogP contribution >= 0.6 is 0 Å². The highest BCUT2D eigenvalue weighted by atomic mass is 16.5. The molecule has 0 spiro atoms. The Bertz CT molecular complexity index is 684. The SMILES string of the molecule is CN(Cc1ccccc1)c1ncccc1CNC(=O)C1CCCCO1. The third kappa shape index (κ3) is 4.79. The smallest absolute Gasteiger partial charge is 0.249 e. The van der Waals surface area contributed by atoms with E-state index in [2.05, 4.69) is 27.3 Å². The standard InChI is InChI=1S/C20H25N3O2/c1-23(15-16-8-3-2-4-9-16)19-17(10-7-12-21-19)14-22-20(24)18-11-5-6-13-25-18/h2-4,7-10,12,18H,5-6,11,13-15H2,1H3,(H,22,24). The summed E-state index contributed by atoms with van der Waals surface area (Å²) in [5, 5.41) is 3.00. The highest BCUT2D eigenvalue weighted by molar-refractivity contribution is 5.80. The lowest BCUT2D eigenvalue weighted by Gasteiger charge is -2.23. The van der Waals surface area contributed by atoms with Gasteiger partial charge < -0.3 is 15.0 Å². The predicted molar refractivity (Wildman–Crippen MR) is 98.2 cm³/mol. The summed E-state index contributed by atoms with van der Waals surface area (Å²) in [7, 11) is 2.02. The molecule has 1 unspecified atom stereocenters. The van der Waals surface area contributed by atoms with E-state index in [9.17, 15) is 4.79 Å². The van der Waals surface area contributed by atoms with Gasteiger partial charge in [0.2, 0.25) is 5.91 Å². The number of benzene rings is 1. The van der Waals surface area contributed by atoms with Gasteiger partial charge in [0.1, 0.15) is 11.9 Å². The summed E-state index contributed by atoms with van der Waals surface area (Å²) in [6.45, 7) is 1.90. The van der Waals surface area contributed by atoms with Crippen LogP contribution in [0.1, 0.15) is 30.4 Å². The molecule has 1 aliphatic heterocycles. The Labute approximate surface area is 149 Å². The van der Waals surface area contributed by atoms with Gasteiger partial charge in [-0.25, -0.2) is 4.98 Å². The first-order chi connectivity index (χ1) is 12.2. The number of amides is 1. The molecule has 1 aliphatic rings. The van der Waals surface area contributed by atoms with Crippen LogP contribution in [0.4, 0.5) is 5.82 Å². The van der Waals surface area contributed by atoms with Crippen molar-refractivity contribution in [2.24, 2.45) is 0 Å². The van der Waals surface area contributed by atoms with Crippen LogP contribution < -0.4 is 10.2 Å². The molecule has 25 heavy (non-hydrogen) atoms. The van der Waals surface area contributed by atoms with Gasteiger partial charge in [0, 0.05) is 38.5 Å². The van der Waals surface area contributed by atoms with Crippen LogP contribution in [0.15, 0.2) is 48.7 Å². The van der Waals surface area contributed by atoms with Crippen molar-refractivity contribution >= 4 is 11.7 Å². The zero-order valence-corrected chi connectivity index (χ0v) is 14.6. The summed E-state index contributed by atoms with van der Waals surface area (Å²) in [6, 6.07) is 14.2. The Balaban J connectivity index is 1.63. The Morgan fingerprint density at radius 3 is 2.84 bits per heavy atom. The van der Waals surface area contributed by atoms with Gasteiger partial charge in [-0.15, -0.1) is 0 Å². The molecule has 132 valence electrons. The zero-order valence-electron chi connectivity index (χ0n) is 14.6. The first-order valence-corrected chi connectivity index (χ1v) is 8.82. The lowest BCUT2D eigenvalue weighted by molar-refractivity contribution is -0.135. The number of nitrogens with zero attached hydrogens (tertiary/aromatic N) is 2. The third-order valence-corrected chi connectivity index (χ3v) is 4.42. The van der Waals surface area contributed by atoms with Crippen LogP contribution in [0.3, 0.4) is 0 Å². The maximum absolute atomic E-state index is 12.3. The highest BCUT2D eigenvalue weighted by Gasteiger charge is 2.22. The van der Waals surface area contributed by atoms with Gasteiger partial charge in [-0.2, -0.15) is 0 Å². The second kappa shape index (κ2) is 8.62. The Kier molecular flexibility index (Phi) is 6.01. The fourth-order valence-electron chi connectivity index (χ4n) is 3.09. The van der Waals surface area contributed by atoms with E-state index < -0.39 is 0 Å². The van der Waals surface area contributed by atoms with Crippen molar-refractivity contribution in [2.45, 2.75) is 38.5 Å². The molecule has 1 fully saturated rings. The minimum atomic E-state index is -0.309. The van der Waals surface area contributed by atoms with Gasteiger partial charge in [0.15, 0.2) is 0 Å². The molecule has 0 bridgehead atoms. The Morgan fingerprint density at radius 1 is 1.24 bits per heavy atom. The maximum Gasteiger partial charge on any atom is 0.249 e. The molecule has 2 heterocycles. The van der Waals surface area contributed by atoms with Crippen molar-refractivity contribution in [2.75, 3.05) is 18.6 Å². The normalized spacial score (nSPS) is 17.1. The van der Waals surface area contributed by atoms with Crippen molar-refractivity contribution in [3.05, 3.63) is 59.8 Å². The van der Waals surface area contributed by atoms with Crippen LogP contribution in [0, 0.1) is 0 Å². The zero-order chi connectivity index (χ0) is 17.5. The Morgan fingerprint density at radius 2 is 2.08 bits per heavy atom. The predicted octanol–water partition coefficient (Wildman–Crippen LogP) is 2.90. The van der Waals surface area contributed by atoms with Crippen LogP contribution in [0.5, 0.6) is 0 Å². The summed E-state index contributed by atoms with van der Waals surface area (Å²) in [5.41, 5.74) is 2.23. The van der Waals surface area contributed by atoms with Crippen LogP contribution in [-0.4, -0.2) is 30.6 Å². The number of pyridine rings is 1. The van der Waals surface area contributed by atoms with E-state index in [4.69, 9.17) is 4.74 Å². The largest absolute Gasteiger partial charge is 0.368 e. The number of hydrogen-bond acceptors (Lipinski definition) is 4. The molecule has 2 aromatic rings. The first-order valence-electron chi connectivity index (χ1n) is 8.82.